The molecule has 1 rings (SSSR count). The average Bonchev–Trinajstić information content (AvgIpc) is 2.15. The molecule has 5 heteroatoms. The lowest BCUT2D eigenvalue weighted by Crippen LogP contribution is -1.97. The third-order valence-electron chi connectivity index (χ3n) is 1.84. The van der Waals surface area contributed by atoms with E-state index in [1.165, 1.54) is 0 Å². The van der Waals surface area contributed by atoms with E-state index in [-0.39, 0.29) is 6.54 Å². The fraction of sp³-hybridized carbons (Fsp3) is 0.300. The van der Waals surface area contributed by atoms with Gasteiger partial charge in [-0.1, -0.05) is 17.0 Å². The Hall–Kier alpha value is -2.18. The van der Waals surface area contributed by atoms with Crippen LogP contribution in [-0.2, 0) is 0 Å². The SMILES string of the molecule is Cc1cc(N)nc(C)c1C#CCN=[N+]=[N-]. The van der Waals surface area contributed by atoms with Crippen LogP contribution in [0.1, 0.15) is 16.8 Å². The van der Waals surface area contributed by atoms with Gasteiger partial charge in [0.05, 0.1) is 12.2 Å². The van der Waals surface area contributed by atoms with Crippen molar-refractivity contribution in [2.75, 3.05) is 12.3 Å². The van der Waals surface area contributed by atoms with E-state index in [0.717, 1.165) is 16.8 Å². The van der Waals surface area contributed by atoms with Crippen LogP contribution in [0.15, 0.2) is 11.2 Å². The Kier molecular flexibility index (Phi) is 3.55. The summed E-state index contributed by atoms with van der Waals surface area (Å²) in [6.07, 6.45) is 0. The smallest absolute Gasteiger partial charge is 0.123 e. The number of azide groups is 1. The third-order valence-corrected chi connectivity index (χ3v) is 1.84. The maximum absolute atomic E-state index is 8.07. The van der Waals surface area contributed by atoms with Gasteiger partial charge in [0.25, 0.3) is 0 Å². The zero-order chi connectivity index (χ0) is 11.3. The molecule has 0 fully saturated rings. The molecule has 0 radical (unpaired) electrons. The van der Waals surface area contributed by atoms with Crippen molar-refractivity contribution in [1.29, 1.82) is 0 Å². The van der Waals surface area contributed by atoms with Crippen LogP contribution in [0.4, 0.5) is 5.82 Å². The van der Waals surface area contributed by atoms with Crippen LogP contribution in [-0.4, -0.2) is 11.5 Å². The molecule has 1 aromatic heterocycles. The Bertz CT molecular complexity index is 451. The number of hydrogen-bond donors (Lipinski definition) is 1. The van der Waals surface area contributed by atoms with Crippen LogP contribution in [0, 0.1) is 25.7 Å². The molecule has 0 unspecified atom stereocenters. The summed E-state index contributed by atoms with van der Waals surface area (Å²) in [6, 6.07) is 1.77. The number of hydrogen-bond acceptors (Lipinski definition) is 3. The van der Waals surface area contributed by atoms with Gasteiger partial charge < -0.3 is 5.73 Å². The first-order chi connectivity index (χ1) is 7.15. The van der Waals surface area contributed by atoms with E-state index in [9.17, 15) is 0 Å². The van der Waals surface area contributed by atoms with Gasteiger partial charge >= 0.3 is 0 Å². The first kappa shape index (κ1) is 10.9. The highest BCUT2D eigenvalue weighted by atomic mass is 15.1. The summed E-state index contributed by atoms with van der Waals surface area (Å²) < 4.78 is 0. The molecule has 0 saturated heterocycles. The van der Waals surface area contributed by atoms with Gasteiger partial charge in [0.1, 0.15) is 5.82 Å². The van der Waals surface area contributed by atoms with Crippen molar-refractivity contribution in [3.8, 4) is 11.8 Å². The molecule has 0 atom stereocenters. The van der Waals surface area contributed by atoms with Crippen LogP contribution < -0.4 is 5.73 Å². The minimum Gasteiger partial charge on any atom is -0.384 e. The topological polar surface area (TPSA) is 87.7 Å². The summed E-state index contributed by atoms with van der Waals surface area (Å²) in [5.74, 6) is 6.15. The zero-order valence-electron chi connectivity index (χ0n) is 8.65. The van der Waals surface area contributed by atoms with Crippen molar-refractivity contribution in [2.24, 2.45) is 5.11 Å². The molecular formula is C10H11N5. The predicted octanol–water partition coefficient (Wildman–Crippen LogP) is 1.94. The highest BCUT2D eigenvalue weighted by Crippen LogP contribution is 2.12. The predicted molar refractivity (Wildman–Crippen MR) is 59.0 cm³/mol. The quantitative estimate of drug-likeness (QED) is 0.325. The van der Waals surface area contributed by atoms with Gasteiger partial charge in [0, 0.05) is 10.5 Å². The second kappa shape index (κ2) is 4.89. The summed E-state index contributed by atoms with van der Waals surface area (Å²) in [5.41, 5.74) is 16.3. The molecule has 1 aromatic rings. The maximum atomic E-state index is 8.07. The van der Waals surface area contributed by atoms with E-state index >= 15 is 0 Å². The number of nitrogens with zero attached hydrogens (tertiary/aromatic N) is 4. The summed E-state index contributed by atoms with van der Waals surface area (Å²) in [5, 5.41) is 3.33. The fourth-order valence-electron chi connectivity index (χ4n) is 1.25. The molecule has 2 N–H and O–H groups in total. The Balaban J connectivity index is 3.02. The van der Waals surface area contributed by atoms with E-state index in [1.54, 1.807) is 6.07 Å². The summed E-state index contributed by atoms with van der Waals surface area (Å²) >= 11 is 0. The summed E-state index contributed by atoms with van der Waals surface area (Å²) in [7, 11) is 0. The van der Waals surface area contributed by atoms with Gasteiger partial charge in [-0.15, -0.1) is 0 Å². The van der Waals surface area contributed by atoms with Crippen molar-refractivity contribution in [1.82, 2.24) is 4.98 Å². The van der Waals surface area contributed by atoms with E-state index in [1.807, 2.05) is 13.8 Å². The molecule has 76 valence electrons. The van der Waals surface area contributed by atoms with Gasteiger partial charge in [0.15, 0.2) is 0 Å². The molecule has 0 aliphatic carbocycles. The number of nitrogens with two attached hydrogens (primary N) is 1. The Morgan fingerprint density at radius 3 is 2.93 bits per heavy atom. The minimum atomic E-state index is 0.166. The molecule has 0 saturated carbocycles. The second-order valence-electron chi connectivity index (χ2n) is 3.02. The van der Waals surface area contributed by atoms with Crippen molar-refractivity contribution >= 4 is 5.82 Å². The van der Waals surface area contributed by atoms with Crippen LogP contribution in [0.5, 0.6) is 0 Å². The van der Waals surface area contributed by atoms with Crippen LogP contribution in [0.2, 0.25) is 0 Å². The molecule has 0 amide bonds. The van der Waals surface area contributed by atoms with E-state index < -0.39 is 0 Å². The monoisotopic (exact) mass is 201 g/mol. The maximum Gasteiger partial charge on any atom is 0.123 e. The van der Waals surface area contributed by atoms with Crippen LogP contribution >= 0.6 is 0 Å². The lowest BCUT2D eigenvalue weighted by molar-refractivity contribution is 1.17. The van der Waals surface area contributed by atoms with Crippen LogP contribution in [0.3, 0.4) is 0 Å². The molecule has 0 aliphatic rings. The Labute approximate surface area is 87.9 Å². The van der Waals surface area contributed by atoms with E-state index in [4.69, 9.17) is 11.3 Å². The third kappa shape index (κ3) is 2.90. The molecular weight excluding hydrogens is 190 g/mol. The number of aromatic nitrogens is 1. The number of nitrogen functional groups attached to an aromatic ring is 1. The molecule has 0 aliphatic heterocycles. The molecule has 15 heavy (non-hydrogen) atoms. The van der Waals surface area contributed by atoms with E-state index in [2.05, 4.69) is 26.9 Å². The highest BCUT2D eigenvalue weighted by Gasteiger charge is 2.01. The summed E-state index contributed by atoms with van der Waals surface area (Å²) in [6.45, 7) is 3.93. The lowest BCUT2D eigenvalue weighted by atomic mass is 10.1. The Morgan fingerprint density at radius 1 is 1.60 bits per heavy atom. The van der Waals surface area contributed by atoms with Crippen molar-refractivity contribution in [3.63, 3.8) is 0 Å². The lowest BCUT2D eigenvalue weighted by Gasteiger charge is -2.03. The van der Waals surface area contributed by atoms with Crippen molar-refractivity contribution in [2.45, 2.75) is 13.8 Å². The average molecular weight is 201 g/mol. The zero-order valence-corrected chi connectivity index (χ0v) is 8.65. The van der Waals surface area contributed by atoms with E-state index in [0.29, 0.717) is 5.82 Å². The number of pyridine rings is 1. The summed E-state index contributed by atoms with van der Waals surface area (Å²) in [4.78, 5) is 6.72. The van der Waals surface area contributed by atoms with Crippen molar-refractivity contribution in [3.05, 3.63) is 33.3 Å². The molecule has 0 bridgehead atoms. The standard InChI is InChI=1S/C10H11N5/c1-7-6-10(11)14-8(2)9(7)4-3-5-13-15-12/h6H,5H2,1-2H3,(H2,11,14). The number of rotatable bonds is 1. The largest absolute Gasteiger partial charge is 0.384 e. The first-order valence-electron chi connectivity index (χ1n) is 4.38. The fourth-order valence-corrected chi connectivity index (χ4v) is 1.25. The molecule has 0 aromatic carbocycles. The minimum absolute atomic E-state index is 0.166. The normalized spacial score (nSPS) is 8.67. The van der Waals surface area contributed by atoms with Gasteiger partial charge in [0.2, 0.25) is 0 Å². The van der Waals surface area contributed by atoms with Crippen molar-refractivity contribution < 1.29 is 0 Å². The van der Waals surface area contributed by atoms with Gasteiger partial charge in [-0.3, -0.25) is 0 Å². The molecule has 1 heterocycles. The van der Waals surface area contributed by atoms with Gasteiger partial charge in [-0.25, -0.2) is 4.98 Å². The molecule has 0 spiro atoms. The Morgan fingerprint density at radius 2 is 2.33 bits per heavy atom. The van der Waals surface area contributed by atoms with Crippen LogP contribution in [0.25, 0.3) is 10.4 Å². The van der Waals surface area contributed by atoms with Gasteiger partial charge in [-0.05, 0) is 31.0 Å². The first-order valence-corrected chi connectivity index (χ1v) is 4.38. The molecule has 5 nitrogen and oxygen atoms in total. The highest BCUT2D eigenvalue weighted by molar-refractivity contribution is 5.48. The number of anilines is 1. The second-order valence-corrected chi connectivity index (χ2v) is 3.02. The van der Waals surface area contributed by atoms with Gasteiger partial charge in [-0.2, -0.15) is 0 Å². The number of aryl methyl sites for hydroxylation is 2.